The average molecular weight is 577 g/mol. The van der Waals surface area contributed by atoms with Gasteiger partial charge in [-0.3, -0.25) is 4.79 Å². The van der Waals surface area contributed by atoms with Gasteiger partial charge in [-0.15, -0.1) is 0 Å². The Hall–Kier alpha value is -5.04. The standard InChI is InChI=1S/C29H27F3N8O2/c1-39-9-11-40(12-10-39)19-6-8-22-23(15-19)37-26(36-22)24-25(33)20-14-18(5-7-21(20)38-27(24)41)35-28(42)34-17-4-2-3-16(13-17)29(30,31)32/h2-8,13-15H,9-12H2,1H3,(H,36,37)(H3,33,38,41)(H2,34,35,42). The molecule has 3 heterocycles. The number of alkyl halides is 3. The number of nitrogen functional groups attached to an aromatic ring is 1. The zero-order valence-electron chi connectivity index (χ0n) is 22.5. The fourth-order valence-electron chi connectivity index (χ4n) is 5.07. The molecule has 13 heteroatoms. The van der Waals surface area contributed by atoms with Crippen LogP contribution in [0, 0.1) is 0 Å². The number of anilines is 4. The van der Waals surface area contributed by atoms with Gasteiger partial charge in [-0.05, 0) is 61.6 Å². The summed E-state index contributed by atoms with van der Waals surface area (Å²) < 4.78 is 39.0. The molecule has 5 aromatic rings. The number of hydrogen-bond donors (Lipinski definition) is 5. The van der Waals surface area contributed by atoms with Crippen LogP contribution in [0.3, 0.4) is 0 Å². The number of aromatic nitrogens is 3. The van der Waals surface area contributed by atoms with Crippen LogP contribution in [0.25, 0.3) is 33.3 Å². The predicted molar refractivity (Wildman–Crippen MR) is 158 cm³/mol. The lowest BCUT2D eigenvalue weighted by atomic mass is 10.1. The number of piperazine rings is 1. The highest BCUT2D eigenvalue weighted by Crippen LogP contribution is 2.32. The largest absolute Gasteiger partial charge is 0.416 e. The number of nitrogens with two attached hydrogens (primary N) is 1. The molecule has 10 nitrogen and oxygen atoms in total. The minimum Gasteiger partial charge on any atom is -0.397 e. The fourth-order valence-corrected chi connectivity index (χ4v) is 5.07. The molecule has 0 radical (unpaired) electrons. The van der Waals surface area contributed by atoms with Crippen molar-refractivity contribution in [2.45, 2.75) is 6.18 Å². The topological polar surface area (TPSA) is 135 Å². The Morgan fingerprint density at radius 1 is 0.929 bits per heavy atom. The number of carbonyl (C=O) groups is 1. The number of aromatic amines is 2. The maximum atomic E-state index is 13.1. The van der Waals surface area contributed by atoms with E-state index in [0.717, 1.165) is 49.5 Å². The van der Waals surface area contributed by atoms with Crippen LogP contribution >= 0.6 is 0 Å². The first-order valence-corrected chi connectivity index (χ1v) is 13.2. The van der Waals surface area contributed by atoms with Crippen molar-refractivity contribution in [3.63, 3.8) is 0 Å². The summed E-state index contributed by atoms with van der Waals surface area (Å²) in [6.45, 7) is 3.77. The van der Waals surface area contributed by atoms with Crippen molar-refractivity contribution in [1.82, 2.24) is 19.9 Å². The Balaban J connectivity index is 1.27. The summed E-state index contributed by atoms with van der Waals surface area (Å²) >= 11 is 0. The molecule has 3 aromatic carbocycles. The number of amides is 2. The summed E-state index contributed by atoms with van der Waals surface area (Å²) in [4.78, 5) is 40.8. The molecule has 6 N–H and O–H groups in total. The number of benzene rings is 3. The van der Waals surface area contributed by atoms with Gasteiger partial charge >= 0.3 is 12.2 Å². The second-order valence-corrected chi connectivity index (χ2v) is 10.2. The number of likely N-dealkylation sites (N-methyl/N-ethyl adjacent to an activating group) is 1. The second kappa shape index (κ2) is 10.4. The van der Waals surface area contributed by atoms with Crippen LogP contribution < -0.4 is 26.8 Å². The molecule has 0 bridgehead atoms. The number of nitrogens with zero attached hydrogens (tertiary/aromatic N) is 3. The molecule has 1 fully saturated rings. The van der Waals surface area contributed by atoms with Crippen molar-refractivity contribution in [3.05, 3.63) is 76.6 Å². The summed E-state index contributed by atoms with van der Waals surface area (Å²) in [6.07, 6.45) is -4.54. The summed E-state index contributed by atoms with van der Waals surface area (Å²) in [5.74, 6) is 0.307. The summed E-state index contributed by atoms with van der Waals surface area (Å²) in [7, 11) is 2.10. The first-order valence-electron chi connectivity index (χ1n) is 13.2. The molecule has 1 aliphatic heterocycles. The third-order valence-electron chi connectivity index (χ3n) is 7.33. The normalized spacial score (nSPS) is 14.4. The molecule has 216 valence electrons. The van der Waals surface area contributed by atoms with Gasteiger partial charge in [-0.25, -0.2) is 9.78 Å². The zero-order chi connectivity index (χ0) is 29.6. The Bertz CT molecular complexity index is 1870. The van der Waals surface area contributed by atoms with E-state index in [4.69, 9.17) is 5.73 Å². The Labute approximate surface area is 237 Å². The highest BCUT2D eigenvalue weighted by Gasteiger charge is 2.30. The van der Waals surface area contributed by atoms with E-state index in [9.17, 15) is 22.8 Å². The average Bonchev–Trinajstić information content (AvgIpc) is 3.36. The number of urea groups is 1. The molecule has 2 aromatic heterocycles. The van der Waals surface area contributed by atoms with Crippen LogP contribution in [0.1, 0.15) is 5.56 Å². The number of rotatable bonds is 4. The molecule has 1 aliphatic rings. The van der Waals surface area contributed by atoms with Crippen molar-refractivity contribution >= 4 is 50.7 Å². The van der Waals surface area contributed by atoms with E-state index in [2.05, 4.69) is 42.4 Å². The highest BCUT2D eigenvalue weighted by molar-refractivity contribution is 6.04. The van der Waals surface area contributed by atoms with E-state index in [1.165, 1.54) is 12.1 Å². The third-order valence-corrected chi connectivity index (χ3v) is 7.33. The minimum absolute atomic E-state index is 0.0186. The second-order valence-electron chi connectivity index (χ2n) is 10.2. The number of fused-ring (bicyclic) bond motifs is 2. The Kier molecular flexibility index (Phi) is 6.73. The molecular weight excluding hydrogens is 549 g/mol. The lowest BCUT2D eigenvalue weighted by Gasteiger charge is -2.34. The maximum absolute atomic E-state index is 13.1. The van der Waals surface area contributed by atoms with Gasteiger partial charge in [-0.2, -0.15) is 13.2 Å². The van der Waals surface area contributed by atoms with E-state index >= 15 is 0 Å². The van der Waals surface area contributed by atoms with Crippen molar-refractivity contribution < 1.29 is 18.0 Å². The van der Waals surface area contributed by atoms with Crippen molar-refractivity contribution in [1.29, 1.82) is 0 Å². The third kappa shape index (κ3) is 5.33. The summed E-state index contributed by atoms with van der Waals surface area (Å²) in [5, 5.41) is 5.45. The van der Waals surface area contributed by atoms with Crippen LogP contribution in [0.5, 0.6) is 0 Å². The van der Waals surface area contributed by atoms with Gasteiger partial charge in [0.05, 0.1) is 27.8 Å². The van der Waals surface area contributed by atoms with Crippen LogP contribution in [0.4, 0.5) is 40.7 Å². The lowest BCUT2D eigenvalue weighted by Crippen LogP contribution is -2.44. The van der Waals surface area contributed by atoms with Crippen LogP contribution in [0.2, 0.25) is 0 Å². The van der Waals surface area contributed by atoms with E-state index < -0.39 is 23.3 Å². The number of pyridine rings is 1. The first-order chi connectivity index (χ1) is 20.0. The molecule has 0 saturated carbocycles. The first kappa shape index (κ1) is 27.1. The smallest absolute Gasteiger partial charge is 0.397 e. The van der Waals surface area contributed by atoms with Crippen LogP contribution in [0.15, 0.2) is 65.5 Å². The van der Waals surface area contributed by atoms with Gasteiger partial charge in [0.15, 0.2) is 0 Å². The molecule has 0 aliphatic carbocycles. The van der Waals surface area contributed by atoms with E-state index in [1.807, 2.05) is 18.2 Å². The van der Waals surface area contributed by atoms with Gasteiger partial charge in [0.2, 0.25) is 0 Å². The molecule has 0 spiro atoms. The summed E-state index contributed by atoms with van der Waals surface area (Å²) in [6, 6.07) is 14.2. The summed E-state index contributed by atoms with van der Waals surface area (Å²) in [5.41, 5.74) is 8.75. The molecule has 42 heavy (non-hydrogen) atoms. The van der Waals surface area contributed by atoms with Gasteiger partial charge in [0, 0.05) is 48.6 Å². The van der Waals surface area contributed by atoms with Crippen LogP contribution in [-0.4, -0.2) is 59.1 Å². The fraction of sp³-hybridized carbons (Fsp3) is 0.207. The molecule has 0 unspecified atom stereocenters. The van der Waals surface area contributed by atoms with Gasteiger partial charge in [0.25, 0.3) is 5.56 Å². The molecule has 0 atom stereocenters. The van der Waals surface area contributed by atoms with Gasteiger partial charge in [0.1, 0.15) is 11.4 Å². The number of H-pyrrole nitrogens is 2. The quantitative estimate of drug-likeness (QED) is 0.203. The number of hydrogen-bond acceptors (Lipinski definition) is 6. The number of carbonyl (C=O) groups excluding carboxylic acids is 1. The maximum Gasteiger partial charge on any atom is 0.416 e. The molecular formula is C29H27F3N8O2. The number of imidazole rings is 1. The SMILES string of the molecule is CN1CCN(c2ccc3nc(-c4c(N)c5cc(NC(=O)Nc6cccc(C(F)(F)F)c6)ccc5[nH]c4=O)[nH]c3c2)CC1. The van der Waals surface area contributed by atoms with Crippen molar-refractivity contribution in [2.24, 2.45) is 0 Å². The number of nitrogens with one attached hydrogen (secondary N) is 4. The Morgan fingerprint density at radius 3 is 2.40 bits per heavy atom. The Morgan fingerprint density at radius 2 is 1.67 bits per heavy atom. The molecule has 2 amide bonds. The van der Waals surface area contributed by atoms with Crippen LogP contribution in [-0.2, 0) is 6.18 Å². The highest BCUT2D eigenvalue weighted by atomic mass is 19.4. The predicted octanol–water partition coefficient (Wildman–Crippen LogP) is 5.07. The number of halogens is 3. The van der Waals surface area contributed by atoms with E-state index in [1.54, 1.807) is 18.2 Å². The van der Waals surface area contributed by atoms with Gasteiger partial charge in [-0.1, -0.05) is 6.07 Å². The van der Waals surface area contributed by atoms with Crippen molar-refractivity contribution in [2.75, 3.05) is 54.5 Å². The van der Waals surface area contributed by atoms with E-state index in [-0.39, 0.29) is 16.9 Å². The van der Waals surface area contributed by atoms with Gasteiger partial charge < -0.3 is 36.1 Å². The minimum atomic E-state index is -4.54. The molecule has 1 saturated heterocycles. The monoisotopic (exact) mass is 576 g/mol. The zero-order valence-corrected chi connectivity index (χ0v) is 22.5. The lowest BCUT2D eigenvalue weighted by molar-refractivity contribution is -0.137. The van der Waals surface area contributed by atoms with E-state index in [0.29, 0.717) is 27.9 Å². The van der Waals surface area contributed by atoms with Crippen molar-refractivity contribution in [3.8, 4) is 11.4 Å². The molecule has 6 rings (SSSR count).